The van der Waals surface area contributed by atoms with Crippen molar-refractivity contribution in [2.75, 3.05) is 13.2 Å². The van der Waals surface area contributed by atoms with Crippen LogP contribution < -0.4 is 14.8 Å². The van der Waals surface area contributed by atoms with Crippen LogP contribution in [0.25, 0.3) is 0 Å². The molecule has 1 unspecified atom stereocenters. The molecule has 1 aromatic rings. The highest BCUT2D eigenvalue weighted by atomic mass is 16.6. The molecule has 1 aliphatic rings. The van der Waals surface area contributed by atoms with Gasteiger partial charge in [0.25, 0.3) is 0 Å². The summed E-state index contributed by atoms with van der Waals surface area (Å²) >= 11 is 0. The van der Waals surface area contributed by atoms with Crippen LogP contribution in [0.3, 0.4) is 0 Å². The highest BCUT2D eigenvalue weighted by Crippen LogP contribution is 2.32. The fourth-order valence-electron chi connectivity index (χ4n) is 1.86. The lowest BCUT2D eigenvalue weighted by molar-refractivity contribution is 0.171. The van der Waals surface area contributed by atoms with E-state index in [9.17, 15) is 5.26 Å². The van der Waals surface area contributed by atoms with Gasteiger partial charge in [-0.3, -0.25) is 5.32 Å². The molecule has 1 aromatic carbocycles. The molecule has 0 fully saturated rings. The first-order valence-electron chi connectivity index (χ1n) is 6.06. The largest absolute Gasteiger partial charge is 0.486 e. The van der Waals surface area contributed by atoms with Crippen molar-refractivity contribution in [1.29, 1.82) is 5.26 Å². The number of nitrogens with zero attached hydrogens (tertiary/aromatic N) is 1. The van der Waals surface area contributed by atoms with E-state index in [0.29, 0.717) is 13.2 Å². The molecule has 0 radical (unpaired) electrons. The molecule has 0 saturated carbocycles. The van der Waals surface area contributed by atoms with Crippen LogP contribution in [0.1, 0.15) is 32.4 Å². The molecule has 4 heteroatoms. The Hall–Kier alpha value is -1.73. The van der Waals surface area contributed by atoms with E-state index in [4.69, 9.17) is 9.47 Å². The first-order valence-corrected chi connectivity index (χ1v) is 6.06. The van der Waals surface area contributed by atoms with Crippen LogP contribution in [0.4, 0.5) is 0 Å². The third-order valence-electron chi connectivity index (χ3n) is 2.61. The van der Waals surface area contributed by atoms with Crippen molar-refractivity contribution >= 4 is 0 Å². The summed E-state index contributed by atoms with van der Waals surface area (Å²) in [5.74, 6) is 1.46. The molecule has 1 heterocycles. The zero-order chi connectivity index (χ0) is 13.2. The van der Waals surface area contributed by atoms with E-state index < -0.39 is 0 Å². The summed E-state index contributed by atoms with van der Waals surface area (Å²) < 4.78 is 11.0. The number of hydrogen-bond acceptors (Lipinski definition) is 4. The third kappa shape index (κ3) is 2.93. The summed E-state index contributed by atoms with van der Waals surface area (Å²) in [7, 11) is 0. The van der Waals surface area contributed by atoms with Crippen molar-refractivity contribution in [3.05, 3.63) is 23.8 Å². The molecule has 1 aliphatic heterocycles. The molecule has 0 saturated heterocycles. The second kappa shape index (κ2) is 4.87. The Balaban J connectivity index is 2.24. The van der Waals surface area contributed by atoms with Crippen LogP contribution in [0, 0.1) is 11.3 Å². The fraction of sp³-hybridized carbons (Fsp3) is 0.500. The van der Waals surface area contributed by atoms with Gasteiger partial charge in [-0.05, 0) is 38.5 Å². The highest BCUT2D eigenvalue weighted by molar-refractivity contribution is 5.45. The Morgan fingerprint density at radius 2 is 1.89 bits per heavy atom. The van der Waals surface area contributed by atoms with Gasteiger partial charge in [-0.2, -0.15) is 5.26 Å². The molecule has 1 atom stereocenters. The number of ether oxygens (including phenoxy) is 2. The van der Waals surface area contributed by atoms with Gasteiger partial charge in [0, 0.05) is 5.54 Å². The Bertz CT molecular complexity index is 472. The van der Waals surface area contributed by atoms with Crippen LogP contribution in [-0.4, -0.2) is 18.8 Å². The van der Waals surface area contributed by atoms with Gasteiger partial charge in [0.05, 0.1) is 6.07 Å². The molecule has 0 spiro atoms. The maximum absolute atomic E-state index is 9.26. The molecule has 0 amide bonds. The molecule has 0 aliphatic carbocycles. The van der Waals surface area contributed by atoms with E-state index in [1.807, 2.05) is 39.0 Å². The topological polar surface area (TPSA) is 54.3 Å². The van der Waals surface area contributed by atoms with Crippen LogP contribution in [0.5, 0.6) is 11.5 Å². The first kappa shape index (κ1) is 12.7. The van der Waals surface area contributed by atoms with Gasteiger partial charge in [0.15, 0.2) is 11.5 Å². The van der Waals surface area contributed by atoms with Crippen LogP contribution in [-0.2, 0) is 0 Å². The van der Waals surface area contributed by atoms with Crippen molar-refractivity contribution in [3.8, 4) is 17.6 Å². The van der Waals surface area contributed by atoms with Crippen molar-refractivity contribution < 1.29 is 9.47 Å². The average molecular weight is 246 g/mol. The Labute approximate surface area is 108 Å². The van der Waals surface area contributed by atoms with Gasteiger partial charge in [0.2, 0.25) is 0 Å². The van der Waals surface area contributed by atoms with Gasteiger partial charge in [-0.1, -0.05) is 6.07 Å². The Kier molecular flexibility index (Phi) is 3.44. The maximum Gasteiger partial charge on any atom is 0.161 e. The molecular weight excluding hydrogens is 228 g/mol. The molecule has 2 rings (SSSR count). The standard InChI is InChI=1S/C14H18N2O2/c1-14(2,3)16-11(9-15)10-4-5-12-13(8-10)18-7-6-17-12/h4-5,8,11,16H,6-7H2,1-3H3. The average Bonchev–Trinajstić information content (AvgIpc) is 2.34. The van der Waals surface area contributed by atoms with Gasteiger partial charge < -0.3 is 9.47 Å². The molecule has 4 nitrogen and oxygen atoms in total. The number of nitrogens with one attached hydrogen (secondary N) is 1. The Morgan fingerprint density at radius 3 is 2.50 bits per heavy atom. The van der Waals surface area contributed by atoms with E-state index in [2.05, 4.69) is 11.4 Å². The van der Waals surface area contributed by atoms with Crippen LogP contribution in [0.15, 0.2) is 18.2 Å². The quantitative estimate of drug-likeness (QED) is 0.870. The summed E-state index contributed by atoms with van der Waals surface area (Å²) in [6, 6.07) is 7.57. The van der Waals surface area contributed by atoms with Crippen LogP contribution >= 0.6 is 0 Å². The van der Waals surface area contributed by atoms with Crippen molar-refractivity contribution in [2.24, 2.45) is 0 Å². The molecular formula is C14H18N2O2. The summed E-state index contributed by atoms with van der Waals surface area (Å²) in [5.41, 5.74) is 0.782. The number of nitriles is 1. The number of benzene rings is 1. The zero-order valence-corrected chi connectivity index (χ0v) is 11.0. The monoisotopic (exact) mass is 246 g/mol. The van der Waals surface area contributed by atoms with E-state index in [-0.39, 0.29) is 11.6 Å². The van der Waals surface area contributed by atoms with Gasteiger partial charge >= 0.3 is 0 Å². The highest BCUT2D eigenvalue weighted by Gasteiger charge is 2.20. The van der Waals surface area contributed by atoms with E-state index in [0.717, 1.165) is 17.1 Å². The minimum absolute atomic E-state index is 0.117. The predicted molar refractivity (Wildman–Crippen MR) is 68.7 cm³/mol. The van der Waals surface area contributed by atoms with E-state index in [1.165, 1.54) is 0 Å². The third-order valence-corrected chi connectivity index (χ3v) is 2.61. The number of fused-ring (bicyclic) bond motifs is 1. The van der Waals surface area contributed by atoms with Crippen molar-refractivity contribution in [3.63, 3.8) is 0 Å². The number of rotatable bonds is 2. The van der Waals surface area contributed by atoms with Crippen molar-refractivity contribution in [1.82, 2.24) is 5.32 Å². The summed E-state index contributed by atoms with van der Waals surface area (Å²) in [6.07, 6.45) is 0. The van der Waals surface area contributed by atoms with Gasteiger partial charge in [-0.25, -0.2) is 0 Å². The Morgan fingerprint density at radius 1 is 1.22 bits per heavy atom. The molecule has 96 valence electrons. The molecule has 0 bridgehead atoms. The van der Waals surface area contributed by atoms with E-state index >= 15 is 0 Å². The summed E-state index contributed by atoms with van der Waals surface area (Å²) in [4.78, 5) is 0. The lowest BCUT2D eigenvalue weighted by atomic mass is 10.0. The normalized spacial score (nSPS) is 15.9. The first-order chi connectivity index (χ1) is 8.49. The predicted octanol–water partition coefficient (Wildman–Crippen LogP) is 2.41. The fourth-order valence-corrected chi connectivity index (χ4v) is 1.86. The molecule has 0 aromatic heterocycles. The minimum atomic E-state index is -0.346. The smallest absolute Gasteiger partial charge is 0.161 e. The lowest BCUT2D eigenvalue weighted by Crippen LogP contribution is -2.38. The molecule has 18 heavy (non-hydrogen) atoms. The lowest BCUT2D eigenvalue weighted by Gasteiger charge is -2.25. The second-order valence-corrected chi connectivity index (χ2v) is 5.36. The number of hydrogen-bond donors (Lipinski definition) is 1. The SMILES string of the molecule is CC(C)(C)NC(C#N)c1ccc2c(c1)OCCO2. The van der Waals surface area contributed by atoms with E-state index in [1.54, 1.807) is 0 Å². The van der Waals surface area contributed by atoms with Gasteiger partial charge in [-0.15, -0.1) is 0 Å². The molecule has 1 N–H and O–H groups in total. The van der Waals surface area contributed by atoms with Gasteiger partial charge in [0.1, 0.15) is 19.3 Å². The second-order valence-electron chi connectivity index (χ2n) is 5.36. The summed E-state index contributed by atoms with van der Waals surface area (Å²) in [5, 5.41) is 12.5. The summed E-state index contributed by atoms with van der Waals surface area (Å²) in [6.45, 7) is 7.24. The maximum atomic E-state index is 9.26. The van der Waals surface area contributed by atoms with Crippen LogP contribution in [0.2, 0.25) is 0 Å². The minimum Gasteiger partial charge on any atom is -0.486 e. The van der Waals surface area contributed by atoms with Crippen molar-refractivity contribution in [2.45, 2.75) is 32.4 Å². The zero-order valence-electron chi connectivity index (χ0n) is 11.0.